The van der Waals surface area contributed by atoms with Crippen LogP contribution >= 0.6 is 0 Å². The summed E-state index contributed by atoms with van der Waals surface area (Å²) < 4.78 is 20.4. The highest BCUT2D eigenvalue weighted by Crippen LogP contribution is 2.29. The largest absolute Gasteiger partial charge is 0.412 e. The van der Waals surface area contributed by atoms with E-state index in [1.807, 2.05) is 6.07 Å². The van der Waals surface area contributed by atoms with Crippen molar-refractivity contribution in [1.82, 2.24) is 30.0 Å². The van der Waals surface area contributed by atoms with Crippen molar-refractivity contribution in [2.75, 3.05) is 6.54 Å². The molecule has 4 rings (SSSR count). The minimum Gasteiger partial charge on any atom is -0.406 e. The molecular weight excluding hydrogens is 377 g/mol. The van der Waals surface area contributed by atoms with Crippen LogP contribution in [0.1, 0.15) is 6.92 Å². The third-order valence-electron chi connectivity index (χ3n) is 4.38. The van der Waals surface area contributed by atoms with Crippen molar-refractivity contribution in [3.8, 4) is 23.2 Å². The molecule has 9 nitrogen and oxygen atoms in total. The number of halogens is 1. The monoisotopic (exact) mass is 393 g/mol. The first-order valence-electron chi connectivity index (χ1n) is 8.78. The molecule has 4 aromatic rings. The van der Waals surface area contributed by atoms with E-state index in [4.69, 9.17) is 10.00 Å². The third kappa shape index (κ3) is 3.45. The number of amides is 1. The molecule has 0 spiro atoms. The first-order valence-corrected chi connectivity index (χ1v) is 8.78. The molecule has 0 fully saturated rings. The molecule has 1 atom stereocenters. The van der Waals surface area contributed by atoms with Gasteiger partial charge in [0.25, 0.3) is 0 Å². The Labute approximate surface area is 164 Å². The van der Waals surface area contributed by atoms with Crippen molar-refractivity contribution in [3.63, 3.8) is 0 Å². The molecular formula is C19H16FN7O2. The highest BCUT2D eigenvalue weighted by atomic mass is 19.1. The highest BCUT2D eigenvalue weighted by molar-refractivity contribution is 5.93. The van der Waals surface area contributed by atoms with E-state index >= 15 is 0 Å². The maximum absolute atomic E-state index is 13.6. The van der Waals surface area contributed by atoms with Crippen LogP contribution in [0.15, 0.2) is 30.6 Å². The van der Waals surface area contributed by atoms with Gasteiger partial charge in [-0.3, -0.25) is 4.68 Å². The number of nitrogens with one attached hydrogen (secondary N) is 2. The van der Waals surface area contributed by atoms with Gasteiger partial charge in [0.2, 0.25) is 0 Å². The van der Waals surface area contributed by atoms with Crippen molar-refractivity contribution in [2.24, 2.45) is 13.0 Å². The predicted octanol–water partition coefficient (Wildman–Crippen LogP) is 2.90. The number of nitrogens with zero attached hydrogens (tertiary/aromatic N) is 5. The molecule has 0 aliphatic heterocycles. The van der Waals surface area contributed by atoms with Crippen molar-refractivity contribution < 1.29 is 13.9 Å². The number of carbonyl (C=O) groups excluding carboxylic acids is 1. The normalized spacial score (nSPS) is 12.1. The van der Waals surface area contributed by atoms with Gasteiger partial charge in [-0.2, -0.15) is 10.4 Å². The van der Waals surface area contributed by atoms with Gasteiger partial charge in [0, 0.05) is 25.2 Å². The van der Waals surface area contributed by atoms with Crippen molar-refractivity contribution in [2.45, 2.75) is 6.92 Å². The van der Waals surface area contributed by atoms with Crippen LogP contribution in [0.4, 0.5) is 9.18 Å². The van der Waals surface area contributed by atoms with Crippen molar-refractivity contribution in [3.05, 3.63) is 36.4 Å². The fourth-order valence-electron chi connectivity index (χ4n) is 2.90. The molecule has 0 saturated heterocycles. The second-order valence-electron chi connectivity index (χ2n) is 6.54. The summed E-state index contributed by atoms with van der Waals surface area (Å²) in [4.78, 5) is 23.7. The fourth-order valence-corrected chi connectivity index (χ4v) is 2.90. The topological polar surface area (TPSA) is 122 Å². The maximum Gasteiger partial charge on any atom is 0.412 e. The number of aromatic amines is 1. The van der Waals surface area contributed by atoms with Gasteiger partial charge < -0.3 is 15.0 Å². The summed E-state index contributed by atoms with van der Waals surface area (Å²) in [5, 5.41) is 16.5. The Kier molecular flexibility index (Phi) is 4.56. The van der Waals surface area contributed by atoms with Gasteiger partial charge in [0.1, 0.15) is 17.2 Å². The Balaban J connectivity index is 1.68. The number of ether oxygens (including phenoxy) is 1. The van der Waals surface area contributed by atoms with Crippen LogP contribution in [-0.4, -0.2) is 37.4 Å². The lowest BCUT2D eigenvalue weighted by molar-refractivity contribution is 0.200. The summed E-state index contributed by atoms with van der Waals surface area (Å²) in [6.07, 6.45) is 2.33. The average molecular weight is 393 g/mol. The molecule has 0 saturated carbocycles. The molecule has 3 aromatic heterocycles. The minimum atomic E-state index is -0.695. The lowest BCUT2D eigenvalue weighted by atomic mass is 10.1. The van der Waals surface area contributed by atoms with Gasteiger partial charge in [-0.25, -0.2) is 19.2 Å². The molecule has 3 heterocycles. The summed E-state index contributed by atoms with van der Waals surface area (Å²) >= 11 is 0. The van der Waals surface area contributed by atoms with Gasteiger partial charge in [-0.15, -0.1) is 0 Å². The smallest absolute Gasteiger partial charge is 0.406 e. The van der Waals surface area contributed by atoms with E-state index in [1.54, 1.807) is 30.9 Å². The van der Waals surface area contributed by atoms with Crippen LogP contribution in [0.5, 0.6) is 5.75 Å². The van der Waals surface area contributed by atoms with Gasteiger partial charge >= 0.3 is 6.09 Å². The number of carbonyl (C=O) groups is 1. The number of benzene rings is 1. The van der Waals surface area contributed by atoms with E-state index in [9.17, 15) is 9.18 Å². The Morgan fingerprint density at radius 1 is 1.48 bits per heavy atom. The van der Waals surface area contributed by atoms with Gasteiger partial charge in [-0.05, 0) is 25.1 Å². The molecule has 0 unspecified atom stereocenters. The lowest BCUT2D eigenvalue weighted by Crippen LogP contribution is -2.30. The van der Waals surface area contributed by atoms with E-state index in [0.717, 1.165) is 5.39 Å². The summed E-state index contributed by atoms with van der Waals surface area (Å²) in [6, 6.07) is 6.42. The number of rotatable bonds is 4. The molecule has 0 bridgehead atoms. The SMILES string of the molecule is C[C@@H](C#N)CNC(=O)Oc1c[nH]c2ncc(-c3nn(C)c4cc(F)ccc34)nc12. The van der Waals surface area contributed by atoms with Crippen LogP contribution in [-0.2, 0) is 7.05 Å². The van der Waals surface area contributed by atoms with Crippen molar-refractivity contribution >= 4 is 28.2 Å². The second-order valence-corrected chi connectivity index (χ2v) is 6.54. The number of hydrogen-bond donors (Lipinski definition) is 2. The second kappa shape index (κ2) is 7.20. The van der Waals surface area contributed by atoms with Crippen LogP contribution in [0, 0.1) is 23.1 Å². The molecule has 0 radical (unpaired) electrons. The zero-order chi connectivity index (χ0) is 20.5. The molecule has 1 aromatic carbocycles. The molecule has 0 aliphatic rings. The predicted molar refractivity (Wildman–Crippen MR) is 102 cm³/mol. The summed E-state index contributed by atoms with van der Waals surface area (Å²) in [6.45, 7) is 1.86. The number of nitriles is 1. The van der Waals surface area contributed by atoms with Crippen LogP contribution in [0.25, 0.3) is 33.5 Å². The number of hydrogen-bond acceptors (Lipinski definition) is 6. The van der Waals surface area contributed by atoms with E-state index in [0.29, 0.717) is 28.1 Å². The molecule has 0 aliphatic carbocycles. The van der Waals surface area contributed by atoms with E-state index in [2.05, 4.69) is 25.4 Å². The Morgan fingerprint density at radius 2 is 2.31 bits per heavy atom. The Morgan fingerprint density at radius 3 is 3.10 bits per heavy atom. The summed E-state index contributed by atoms with van der Waals surface area (Å²) in [7, 11) is 1.72. The molecule has 10 heteroatoms. The molecule has 2 N–H and O–H groups in total. The number of aryl methyl sites for hydroxylation is 1. The zero-order valence-corrected chi connectivity index (χ0v) is 15.6. The first-order chi connectivity index (χ1) is 14.0. The van der Waals surface area contributed by atoms with Gasteiger partial charge in [0.05, 0.1) is 23.7 Å². The van der Waals surface area contributed by atoms with E-state index < -0.39 is 6.09 Å². The van der Waals surface area contributed by atoms with Crippen molar-refractivity contribution in [1.29, 1.82) is 5.26 Å². The minimum absolute atomic E-state index is 0.172. The quantitative estimate of drug-likeness (QED) is 0.550. The number of aromatic nitrogens is 5. The Bertz CT molecular complexity index is 1270. The first kappa shape index (κ1) is 18.4. The molecule has 146 valence electrons. The summed E-state index contributed by atoms with van der Waals surface area (Å²) in [5.41, 5.74) is 2.41. The third-order valence-corrected chi connectivity index (χ3v) is 4.38. The summed E-state index contributed by atoms with van der Waals surface area (Å²) in [5.74, 6) is -0.492. The Hall–Kier alpha value is -4.00. The fraction of sp³-hybridized carbons (Fsp3) is 0.211. The van der Waals surface area contributed by atoms with Crippen LogP contribution in [0.2, 0.25) is 0 Å². The number of fused-ring (bicyclic) bond motifs is 2. The highest BCUT2D eigenvalue weighted by Gasteiger charge is 2.17. The van der Waals surface area contributed by atoms with E-state index in [1.165, 1.54) is 18.3 Å². The van der Waals surface area contributed by atoms with Gasteiger partial charge in [-0.1, -0.05) is 0 Å². The molecule has 1 amide bonds. The number of H-pyrrole nitrogens is 1. The van der Waals surface area contributed by atoms with Crippen LogP contribution < -0.4 is 10.1 Å². The van der Waals surface area contributed by atoms with E-state index in [-0.39, 0.29) is 24.0 Å². The standard InChI is InChI=1S/C19H16FN7O2/c1-10(6-21)7-24-19(28)29-15-9-23-18-17(15)25-13(8-22-18)16-12-4-3-11(20)5-14(12)27(2)26-16/h3-5,8-10H,7H2,1-2H3,(H,22,23)(H,24,28)/t10-/m0/s1. The van der Waals surface area contributed by atoms with Gasteiger partial charge in [0.15, 0.2) is 16.9 Å². The zero-order valence-electron chi connectivity index (χ0n) is 15.6. The lowest BCUT2D eigenvalue weighted by Gasteiger charge is -2.06. The maximum atomic E-state index is 13.6. The molecule has 29 heavy (non-hydrogen) atoms. The van der Waals surface area contributed by atoms with Crippen LogP contribution in [0.3, 0.4) is 0 Å². The average Bonchev–Trinajstić information content (AvgIpc) is 3.26.